The molecule has 0 spiro atoms. The molecule has 0 radical (unpaired) electrons. The predicted molar refractivity (Wildman–Crippen MR) is 120 cm³/mol. The molecule has 176 valence electrons. The summed E-state index contributed by atoms with van der Waals surface area (Å²) < 4.78 is 45.7. The molecule has 0 fully saturated rings. The second-order valence-electron chi connectivity index (χ2n) is 7.96. The van der Waals surface area contributed by atoms with Crippen LogP contribution in [0.2, 0.25) is 0 Å². The molecule has 2 N–H and O–H groups in total. The van der Waals surface area contributed by atoms with E-state index in [1.165, 1.54) is 36.4 Å². The highest BCUT2D eigenvalue weighted by molar-refractivity contribution is 6.20. The fourth-order valence-electron chi connectivity index (χ4n) is 4.17. The maximum atomic E-state index is 13.5. The number of carbonyl (C=O) groups excluding carboxylic acids is 2. The third-order valence-corrected chi connectivity index (χ3v) is 5.74. The van der Waals surface area contributed by atoms with Gasteiger partial charge in [-0.25, -0.2) is 0 Å². The van der Waals surface area contributed by atoms with Gasteiger partial charge in [0, 0.05) is 11.1 Å². The fraction of sp³-hybridized carbons (Fsp3) is 0.0769. The summed E-state index contributed by atoms with van der Waals surface area (Å²) >= 11 is 0. The summed E-state index contributed by atoms with van der Waals surface area (Å²) in [4.78, 5) is 27.6. The van der Waals surface area contributed by atoms with E-state index in [2.05, 4.69) is 0 Å². The minimum atomic E-state index is -4.68. The predicted octanol–water partition coefficient (Wildman–Crippen LogP) is 5.94. The molecule has 1 aliphatic rings. The minimum Gasteiger partial charge on any atom is -0.508 e. The van der Waals surface area contributed by atoms with Gasteiger partial charge >= 0.3 is 6.18 Å². The average molecular weight is 479 g/mol. The lowest BCUT2D eigenvalue weighted by molar-refractivity contribution is -0.137. The molecule has 35 heavy (non-hydrogen) atoms. The molecular formula is C26H16F3NO5. The second kappa shape index (κ2) is 8.05. The number of anilines is 1. The number of para-hydroxylation sites is 1. The van der Waals surface area contributed by atoms with E-state index in [0.29, 0.717) is 11.0 Å². The number of phenolic OH excluding ortho intramolecular Hbond substituents is 1. The van der Waals surface area contributed by atoms with E-state index in [-0.39, 0.29) is 28.3 Å². The summed E-state index contributed by atoms with van der Waals surface area (Å²) in [5, 5.41) is 21.4. The van der Waals surface area contributed by atoms with Gasteiger partial charge in [-0.1, -0.05) is 36.4 Å². The van der Waals surface area contributed by atoms with E-state index in [4.69, 9.17) is 4.42 Å². The Hall–Kier alpha value is -4.53. The molecule has 9 heteroatoms. The van der Waals surface area contributed by atoms with Crippen molar-refractivity contribution in [2.75, 3.05) is 4.90 Å². The van der Waals surface area contributed by atoms with Crippen molar-refractivity contribution in [3.05, 3.63) is 107 Å². The number of aliphatic hydroxyl groups excluding tert-OH is 1. The first kappa shape index (κ1) is 22.3. The number of carbonyl (C=O) groups is 2. The van der Waals surface area contributed by atoms with Crippen molar-refractivity contribution < 1.29 is 37.4 Å². The van der Waals surface area contributed by atoms with Crippen molar-refractivity contribution in [1.82, 2.24) is 0 Å². The van der Waals surface area contributed by atoms with Crippen molar-refractivity contribution in [2.24, 2.45) is 0 Å². The third-order valence-electron chi connectivity index (χ3n) is 5.74. The maximum absolute atomic E-state index is 13.5. The molecule has 6 nitrogen and oxygen atoms in total. The van der Waals surface area contributed by atoms with Crippen LogP contribution in [0.1, 0.15) is 27.7 Å². The Morgan fingerprint density at radius 3 is 2.37 bits per heavy atom. The van der Waals surface area contributed by atoms with Crippen LogP contribution in [0.25, 0.3) is 11.0 Å². The number of nitrogens with zero attached hydrogens (tertiary/aromatic N) is 1. The number of benzene rings is 3. The van der Waals surface area contributed by atoms with Crippen LogP contribution < -0.4 is 4.90 Å². The molecule has 5 rings (SSSR count). The molecule has 3 aromatic carbocycles. The number of aliphatic hydroxyl groups is 1. The third kappa shape index (κ3) is 3.80. The normalized spacial score (nSPS) is 16.4. The number of ketones is 1. The summed E-state index contributed by atoms with van der Waals surface area (Å²) in [7, 11) is 0. The van der Waals surface area contributed by atoms with Gasteiger partial charge in [0.25, 0.3) is 5.91 Å². The van der Waals surface area contributed by atoms with Gasteiger partial charge in [-0.3, -0.25) is 14.5 Å². The maximum Gasteiger partial charge on any atom is 0.416 e. The Morgan fingerprint density at radius 2 is 1.66 bits per heavy atom. The van der Waals surface area contributed by atoms with Crippen LogP contribution in [0.4, 0.5) is 18.9 Å². The molecule has 1 aliphatic heterocycles. The van der Waals surface area contributed by atoms with Crippen molar-refractivity contribution in [1.29, 1.82) is 0 Å². The van der Waals surface area contributed by atoms with Crippen LogP contribution in [0, 0.1) is 0 Å². The molecular weight excluding hydrogens is 463 g/mol. The highest BCUT2D eigenvalue weighted by Gasteiger charge is 2.46. The van der Waals surface area contributed by atoms with Crippen LogP contribution in [0.15, 0.2) is 94.6 Å². The van der Waals surface area contributed by atoms with Gasteiger partial charge in [-0.05, 0) is 48.0 Å². The van der Waals surface area contributed by atoms with Gasteiger partial charge in [0.2, 0.25) is 5.78 Å². The molecule has 1 aromatic heterocycles. The largest absolute Gasteiger partial charge is 0.508 e. The lowest BCUT2D eigenvalue weighted by atomic mass is 9.94. The first-order valence-electron chi connectivity index (χ1n) is 10.4. The Morgan fingerprint density at radius 1 is 0.914 bits per heavy atom. The van der Waals surface area contributed by atoms with Crippen molar-refractivity contribution in [2.45, 2.75) is 12.2 Å². The quantitative estimate of drug-likeness (QED) is 0.354. The molecule has 1 atom stereocenters. The molecule has 0 bridgehead atoms. The molecule has 4 aromatic rings. The van der Waals surface area contributed by atoms with Gasteiger partial charge < -0.3 is 14.6 Å². The Balaban J connectivity index is 1.67. The first-order chi connectivity index (χ1) is 16.6. The number of Topliss-reactive ketones (excluding diaryl/α,β-unsaturated/α-hetero) is 1. The van der Waals surface area contributed by atoms with Crippen LogP contribution in [0.5, 0.6) is 5.75 Å². The molecule has 2 heterocycles. The number of rotatable bonds is 4. The van der Waals surface area contributed by atoms with Gasteiger partial charge in [0.05, 0.1) is 17.2 Å². The van der Waals surface area contributed by atoms with E-state index in [1.54, 1.807) is 24.3 Å². The van der Waals surface area contributed by atoms with Crippen LogP contribution in [-0.2, 0) is 11.0 Å². The van der Waals surface area contributed by atoms with E-state index < -0.39 is 35.2 Å². The van der Waals surface area contributed by atoms with E-state index in [1.807, 2.05) is 0 Å². The molecule has 0 saturated heterocycles. The summed E-state index contributed by atoms with van der Waals surface area (Å²) in [6, 6.07) is 16.5. The number of hydrogen-bond donors (Lipinski definition) is 2. The monoisotopic (exact) mass is 479 g/mol. The average Bonchev–Trinajstić information content (AvgIpc) is 3.37. The molecule has 0 saturated carbocycles. The topological polar surface area (TPSA) is 91.0 Å². The number of aromatic hydroxyl groups is 1. The summed E-state index contributed by atoms with van der Waals surface area (Å²) in [6.07, 6.45) is -4.68. The Kier molecular flexibility index (Phi) is 5.12. The summed E-state index contributed by atoms with van der Waals surface area (Å²) in [5.41, 5.74) is -0.952. The SMILES string of the molecule is O=C(C1=C(O)C(=O)N(c2cccc(C(F)(F)F)c2)C1c1cccc(O)c1)c1cc2ccccc2o1. The first-order valence-corrected chi connectivity index (χ1v) is 10.4. The van der Waals surface area contributed by atoms with Gasteiger partial charge in [-0.15, -0.1) is 0 Å². The van der Waals surface area contributed by atoms with E-state index in [0.717, 1.165) is 23.1 Å². The lowest BCUT2D eigenvalue weighted by Gasteiger charge is -2.27. The number of phenols is 1. The Labute approximate surface area is 196 Å². The van der Waals surface area contributed by atoms with Crippen LogP contribution >= 0.6 is 0 Å². The van der Waals surface area contributed by atoms with Crippen LogP contribution in [-0.4, -0.2) is 21.9 Å². The van der Waals surface area contributed by atoms with Crippen molar-refractivity contribution in [3.8, 4) is 5.75 Å². The van der Waals surface area contributed by atoms with Gasteiger partial charge in [0.15, 0.2) is 11.5 Å². The lowest BCUT2D eigenvalue weighted by Crippen LogP contribution is -2.31. The zero-order valence-electron chi connectivity index (χ0n) is 17.8. The number of amides is 1. The standard InChI is InChI=1S/C26H16F3NO5/c27-26(28,29)16-7-4-8-17(13-16)30-22(15-6-3-9-18(31)11-15)21(24(33)25(30)34)23(32)20-12-14-5-1-2-10-19(14)35-20/h1-13,22,31,33H. The summed E-state index contributed by atoms with van der Waals surface area (Å²) in [6.45, 7) is 0. The molecule has 0 aliphatic carbocycles. The number of fused-ring (bicyclic) bond motifs is 1. The van der Waals surface area contributed by atoms with Crippen molar-refractivity contribution in [3.63, 3.8) is 0 Å². The van der Waals surface area contributed by atoms with Crippen LogP contribution in [0.3, 0.4) is 0 Å². The highest BCUT2D eigenvalue weighted by Crippen LogP contribution is 2.44. The van der Waals surface area contributed by atoms with E-state index >= 15 is 0 Å². The highest BCUT2D eigenvalue weighted by atomic mass is 19.4. The second-order valence-corrected chi connectivity index (χ2v) is 7.96. The fourth-order valence-corrected chi connectivity index (χ4v) is 4.17. The zero-order valence-corrected chi connectivity index (χ0v) is 17.8. The van der Waals surface area contributed by atoms with Gasteiger partial charge in [0.1, 0.15) is 11.3 Å². The van der Waals surface area contributed by atoms with Gasteiger partial charge in [-0.2, -0.15) is 13.2 Å². The number of alkyl halides is 3. The number of hydrogen-bond acceptors (Lipinski definition) is 5. The minimum absolute atomic E-state index is 0.156. The molecule has 1 amide bonds. The number of furan rings is 1. The molecule has 1 unspecified atom stereocenters. The van der Waals surface area contributed by atoms with E-state index in [9.17, 15) is 33.0 Å². The van der Waals surface area contributed by atoms with Crippen molar-refractivity contribution >= 4 is 28.3 Å². The Bertz CT molecular complexity index is 1490. The summed E-state index contributed by atoms with van der Waals surface area (Å²) in [5.74, 6) is -3.13. The zero-order chi connectivity index (χ0) is 24.9. The number of halogens is 3. The smallest absolute Gasteiger partial charge is 0.416 e.